The normalized spacial score (nSPS) is 21.5. The number of amides is 2. The highest BCUT2D eigenvalue weighted by Gasteiger charge is 2.28. The summed E-state index contributed by atoms with van der Waals surface area (Å²) in [4.78, 5) is 12.9. The van der Waals surface area contributed by atoms with Crippen LogP contribution in [0.1, 0.15) is 48.4 Å². The van der Waals surface area contributed by atoms with Gasteiger partial charge >= 0.3 is 6.03 Å². The number of benzene rings is 1. The molecule has 0 saturated carbocycles. The number of aromatic nitrogens is 2. The monoisotopic (exact) mass is 415 g/mol. The lowest BCUT2D eigenvalue weighted by Gasteiger charge is -2.22. The molecular weight excluding hydrogens is 390 g/mol. The zero-order valence-corrected chi connectivity index (χ0v) is 17.3. The molecule has 0 saturated heterocycles. The third-order valence-corrected chi connectivity index (χ3v) is 7.41. The van der Waals surface area contributed by atoms with Crippen molar-refractivity contribution in [3.05, 3.63) is 34.5 Å². The second kappa shape index (κ2) is 6.84. The first-order chi connectivity index (χ1) is 13.9. The minimum absolute atomic E-state index is 0.0310. The molecule has 2 atom stereocenters. The SMILES string of the molecule is C[C@@H]1CCn2ncc([S@](N)(=O)=NC(=O)Nc3c4c(cc5c3CCC5)CCC4)c2O1. The first-order valence-electron chi connectivity index (χ1n) is 10.2. The molecule has 8 nitrogen and oxygen atoms in total. The van der Waals surface area contributed by atoms with Gasteiger partial charge < -0.3 is 10.1 Å². The van der Waals surface area contributed by atoms with Gasteiger partial charge in [-0.25, -0.2) is 18.8 Å². The van der Waals surface area contributed by atoms with Gasteiger partial charge in [0.1, 0.15) is 4.90 Å². The predicted molar refractivity (Wildman–Crippen MR) is 109 cm³/mol. The van der Waals surface area contributed by atoms with Gasteiger partial charge in [-0.2, -0.15) is 5.10 Å². The number of hydrogen-bond donors (Lipinski definition) is 2. The summed E-state index contributed by atoms with van der Waals surface area (Å²) in [5, 5.41) is 13.1. The van der Waals surface area contributed by atoms with E-state index in [-0.39, 0.29) is 11.0 Å². The molecule has 154 valence electrons. The number of carbonyl (C=O) groups excluding carboxylic acids is 1. The Bertz CT molecular complexity index is 1100. The number of nitrogens with two attached hydrogens (primary N) is 1. The molecule has 1 aromatic carbocycles. The number of fused-ring (bicyclic) bond motifs is 3. The Morgan fingerprint density at radius 3 is 2.66 bits per heavy atom. The molecule has 3 aliphatic rings. The Kier molecular flexibility index (Phi) is 4.40. The molecule has 2 aliphatic carbocycles. The third kappa shape index (κ3) is 3.22. The summed E-state index contributed by atoms with van der Waals surface area (Å²) in [5.41, 5.74) is 5.86. The lowest BCUT2D eigenvalue weighted by molar-refractivity contribution is 0.144. The van der Waals surface area contributed by atoms with Crippen molar-refractivity contribution in [1.29, 1.82) is 0 Å². The topological polar surface area (TPSA) is 112 Å². The summed E-state index contributed by atoms with van der Waals surface area (Å²) >= 11 is 0. The summed E-state index contributed by atoms with van der Waals surface area (Å²) in [6.45, 7) is 2.58. The van der Waals surface area contributed by atoms with Crippen LogP contribution in [0.2, 0.25) is 0 Å². The van der Waals surface area contributed by atoms with Crippen LogP contribution in [0.5, 0.6) is 5.88 Å². The Hall–Kier alpha value is -2.39. The third-order valence-electron chi connectivity index (χ3n) is 6.06. The number of nitrogens with zero attached hydrogens (tertiary/aromatic N) is 3. The van der Waals surface area contributed by atoms with Gasteiger partial charge in [0.2, 0.25) is 5.88 Å². The smallest absolute Gasteiger partial charge is 0.354 e. The van der Waals surface area contributed by atoms with Gasteiger partial charge in [-0.15, -0.1) is 4.36 Å². The van der Waals surface area contributed by atoms with E-state index in [1.807, 2.05) is 6.92 Å². The number of hydrogen-bond acceptors (Lipinski definition) is 4. The van der Waals surface area contributed by atoms with Gasteiger partial charge in [-0.05, 0) is 67.7 Å². The zero-order valence-electron chi connectivity index (χ0n) is 16.4. The number of ether oxygens (including phenoxy) is 1. The van der Waals surface area contributed by atoms with E-state index in [0.717, 1.165) is 50.6 Å². The maximum atomic E-state index is 13.1. The van der Waals surface area contributed by atoms with E-state index in [1.165, 1.54) is 28.5 Å². The van der Waals surface area contributed by atoms with Crippen molar-refractivity contribution in [1.82, 2.24) is 9.78 Å². The van der Waals surface area contributed by atoms with Crippen molar-refractivity contribution in [2.45, 2.75) is 69.4 Å². The van der Waals surface area contributed by atoms with Crippen LogP contribution in [0.15, 0.2) is 21.5 Å². The Morgan fingerprint density at radius 2 is 1.97 bits per heavy atom. The lowest BCUT2D eigenvalue weighted by Crippen LogP contribution is -2.25. The highest BCUT2D eigenvalue weighted by Crippen LogP contribution is 2.38. The molecule has 0 radical (unpaired) electrons. The first kappa shape index (κ1) is 18.6. The summed E-state index contributed by atoms with van der Waals surface area (Å²) in [5.74, 6) is 0.342. The molecule has 2 aromatic rings. The van der Waals surface area contributed by atoms with Gasteiger partial charge in [0.05, 0.1) is 12.3 Å². The van der Waals surface area contributed by atoms with Crippen LogP contribution >= 0.6 is 0 Å². The fourth-order valence-electron chi connectivity index (χ4n) is 4.66. The van der Waals surface area contributed by atoms with Crippen molar-refractivity contribution >= 4 is 21.6 Å². The number of urea groups is 1. The minimum atomic E-state index is -3.47. The molecule has 0 fully saturated rings. The lowest BCUT2D eigenvalue weighted by atomic mass is 9.99. The molecule has 1 aliphatic heterocycles. The van der Waals surface area contributed by atoms with Crippen LogP contribution < -0.4 is 15.2 Å². The van der Waals surface area contributed by atoms with Gasteiger partial charge in [-0.1, -0.05) is 6.07 Å². The first-order valence-corrected chi connectivity index (χ1v) is 11.7. The van der Waals surface area contributed by atoms with E-state index in [4.69, 9.17) is 9.88 Å². The summed E-state index contributed by atoms with van der Waals surface area (Å²) in [6, 6.07) is 1.61. The number of aryl methyl sites for hydroxylation is 3. The number of carbonyl (C=O) groups is 1. The number of rotatable bonds is 2. The Morgan fingerprint density at radius 1 is 1.28 bits per heavy atom. The largest absolute Gasteiger partial charge is 0.474 e. The molecule has 2 heterocycles. The Labute approximate surface area is 170 Å². The number of anilines is 1. The van der Waals surface area contributed by atoms with Crippen molar-refractivity contribution in [2.75, 3.05) is 5.32 Å². The molecule has 5 rings (SSSR count). The standard InChI is InChI=1S/C20H25N5O3S/c1-12-8-9-25-19(28-12)17(11-22-25)29(21,27)24-20(26)23-18-15-6-2-4-13(15)10-14-5-3-7-16(14)18/h10-12H,2-9H2,1H3,(H3,21,23,24,26,27)/t12-,29-/m1/s1. The van der Waals surface area contributed by atoms with Crippen molar-refractivity contribution in [2.24, 2.45) is 9.50 Å². The predicted octanol–water partition coefficient (Wildman–Crippen LogP) is 2.96. The molecular formula is C20H25N5O3S. The molecule has 3 N–H and O–H groups in total. The average molecular weight is 416 g/mol. The molecule has 1 aromatic heterocycles. The van der Waals surface area contributed by atoms with E-state index in [9.17, 15) is 9.00 Å². The fourth-order valence-corrected chi connectivity index (χ4v) is 5.65. The minimum Gasteiger partial charge on any atom is -0.474 e. The van der Waals surface area contributed by atoms with Crippen LogP contribution in [-0.2, 0) is 42.1 Å². The van der Waals surface area contributed by atoms with Crippen LogP contribution in [0, 0.1) is 0 Å². The van der Waals surface area contributed by atoms with E-state index in [0.29, 0.717) is 12.4 Å². The van der Waals surface area contributed by atoms with Crippen LogP contribution in [0.3, 0.4) is 0 Å². The molecule has 0 spiro atoms. The molecule has 2 amide bonds. The Balaban J connectivity index is 1.48. The van der Waals surface area contributed by atoms with Gasteiger partial charge in [0, 0.05) is 18.7 Å². The average Bonchev–Trinajstić information content (AvgIpc) is 3.39. The van der Waals surface area contributed by atoms with E-state index < -0.39 is 15.9 Å². The molecule has 9 heteroatoms. The maximum Gasteiger partial charge on any atom is 0.354 e. The maximum absolute atomic E-state index is 13.1. The second-order valence-electron chi connectivity index (χ2n) is 8.08. The molecule has 0 bridgehead atoms. The van der Waals surface area contributed by atoms with Gasteiger partial charge in [-0.3, -0.25) is 0 Å². The van der Waals surface area contributed by atoms with Crippen molar-refractivity contribution in [3.8, 4) is 5.88 Å². The number of nitrogens with one attached hydrogen (secondary N) is 1. The second-order valence-corrected chi connectivity index (χ2v) is 9.84. The highest BCUT2D eigenvalue weighted by atomic mass is 32.2. The van der Waals surface area contributed by atoms with Crippen molar-refractivity contribution in [3.63, 3.8) is 0 Å². The summed E-state index contributed by atoms with van der Waals surface area (Å²) < 4.78 is 24.3. The van der Waals surface area contributed by atoms with Gasteiger partial charge in [0.15, 0.2) is 9.92 Å². The molecule has 0 unspecified atom stereocenters. The van der Waals surface area contributed by atoms with Gasteiger partial charge in [0.25, 0.3) is 0 Å². The summed E-state index contributed by atoms with van der Waals surface area (Å²) in [6.07, 6.45) is 8.30. The van der Waals surface area contributed by atoms with Crippen LogP contribution in [0.4, 0.5) is 10.5 Å². The van der Waals surface area contributed by atoms with Crippen molar-refractivity contribution < 1.29 is 13.7 Å². The quantitative estimate of drug-likeness (QED) is 0.785. The van der Waals surface area contributed by atoms with Crippen LogP contribution in [-0.4, -0.2) is 26.1 Å². The van der Waals surface area contributed by atoms with Crippen LogP contribution in [0.25, 0.3) is 0 Å². The van der Waals surface area contributed by atoms with E-state index in [2.05, 4.69) is 20.8 Å². The van der Waals surface area contributed by atoms with E-state index >= 15 is 0 Å². The molecule has 29 heavy (non-hydrogen) atoms. The van der Waals surface area contributed by atoms with E-state index in [1.54, 1.807) is 4.68 Å². The fraction of sp³-hybridized carbons (Fsp3) is 0.500. The highest BCUT2D eigenvalue weighted by molar-refractivity contribution is 7.91. The summed E-state index contributed by atoms with van der Waals surface area (Å²) in [7, 11) is -3.47. The zero-order chi connectivity index (χ0) is 20.2.